The molecule has 0 radical (unpaired) electrons. The minimum Gasteiger partial charge on any atom is -0.367 e. The molecule has 0 fully saturated rings. The molecule has 0 aliphatic heterocycles. The van der Waals surface area contributed by atoms with Crippen molar-refractivity contribution in [1.29, 1.82) is 5.26 Å². The van der Waals surface area contributed by atoms with Crippen molar-refractivity contribution in [3.05, 3.63) is 98.8 Å². The maximum absolute atomic E-state index is 12.6. The quantitative estimate of drug-likeness (QED) is 0.650. The van der Waals surface area contributed by atoms with Crippen LogP contribution < -0.4 is 15.9 Å². The first-order valence-corrected chi connectivity index (χ1v) is 9.14. The van der Waals surface area contributed by atoms with Gasteiger partial charge in [0.05, 0.1) is 5.56 Å². The van der Waals surface area contributed by atoms with Gasteiger partial charge in [0.2, 0.25) is 0 Å². The summed E-state index contributed by atoms with van der Waals surface area (Å²) in [6.45, 7) is 3.05. The average molecular weight is 371 g/mol. The summed E-state index contributed by atoms with van der Waals surface area (Å²) in [5.41, 5.74) is 3.62. The third-order valence-electron chi connectivity index (χ3n) is 4.70. The molecule has 0 aliphatic rings. The van der Waals surface area contributed by atoms with Crippen molar-refractivity contribution in [2.45, 2.75) is 20.0 Å². The van der Waals surface area contributed by atoms with Crippen molar-refractivity contribution in [3.63, 3.8) is 0 Å². The molecule has 0 bridgehead atoms. The number of hydrogen-bond donors (Lipinski definition) is 2. The molecule has 1 aromatic heterocycles. The number of nitrogens with zero attached hydrogens (tertiary/aromatic N) is 2. The molecule has 0 atom stereocenters. The molecular weight excluding hydrogens is 348 g/mol. The number of benzene rings is 2. The molecule has 140 valence electrons. The van der Waals surface area contributed by atoms with Crippen molar-refractivity contribution in [2.24, 2.45) is 7.05 Å². The highest BCUT2D eigenvalue weighted by Crippen LogP contribution is 2.18. The molecule has 2 N–H and O–H groups in total. The lowest BCUT2D eigenvalue weighted by atomic mass is 10.1. The molecule has 1 heterocycles. The van der Waals surface area contributed by atoms with Gasteiger partial charge in [-0.2, -0.15) is 5.26 Å². The van der Waals surface area contributed by atoms with Gasteiger partial charge < -0.3 is 5.32 Å². The second-order valence-corrected chi connectivity index (χ2v) is 6.59. The Morgan fingerprint density at radius 2 is 1.68 bits per heavy atom. The molecule has 0 unspecified atom stereocenters. The molecule has 3 rings (SSSR count). The molecule has 3 aromatic rings. The van der Waals surface area contributed by atoms with Crippen LogP contribution in [-0.2, 0) is 20.1 Å². The SMILES string of the molecule is Cc1c(C=[NH+]Cc2ccccc2)c(NCc2ccccc2)n(C)c(=O)c1C#N. The third-order valence-corrected chi connectivity index (χ3v) is 4.70. The first kappa shape index (κ1) is 19.1. The number of rotatable bonds is 6. The molecular formula is C23H23N4O+. The summed E-state index contributed by atoms with van der Waals surface area (Å²) < 4.78 is 1.50. The van der Waals surface area contributed by atoms with Crippen LogP contribution in [0.3, 0.4) is 0 Å². The predicted octanol–water partition coefficient (Wildman–Crippen LogP) is 1.88. The summed E-state index contributed by atoms with van der Waals surface area (Å²) in [4.78, 5) is 15.9. The largest absolute Gasteiger partial charge is 0.367 e. The Morgan fingerprint density at radius 3 is 2.29 bits per heavy atom. The zero-order valence-corrected chi connectivity index (χ0v) is 16.1. The number of pyridine rings is 1. The highest BCUT2D eigenvalue weighted by atomic mass is 16.1. The van der Waals surface area contributed by atoms with Crippen LogP contribution in [0.2, 0.25) is 0 Å². The molecule has 0 amide bonds. The normalized spacial score (nSPS) is 10.8. The van der Waals surface area contributed by atoms with Gasteiger partial charge in [-0.1, -0.05) is 60.7 Å². The average Bonchev–Trinajstić information content (AvgIpc) is 2.73. The van der Waals surface area contributed by atoms with Crippen molar-refractivity contribution in [2.75, 3.05) is 5.32 Å². The van der Waals surface area contributed by atoms with Gasteiger partial charge in [-0.3, -0.25) is 9.36 Å². The summed E-state index contributed by atoms with van der Waals surface area (Å²) in [6.07, 6.45) is 1.87. The Morgan fingerprint density at radius 1 is 1.07 bits per heavy atom. The topological polar surface area (TPSA) is 71.8 Å². The molecule has 5 heteroatoms. The van der Waals surface area contributed by atoms with Crippen LogP contribution in [0.25, 0.3) is 0 Å². The Hall–Kier alpha value is -3.65. The molecule has 2 aromatic carbocycles. The fourth-order valence-corrected chi connectivity index (χ4v) is 3.09. The fourth-order valence-electron chi connectivity index (χ4n) is 3.09. The zero-order chi connectivity index (χ0) is 19.9. The van der Waals surface area contributed by atoms with E-state index in [0.717, 1.165) is 16.7 Å². The number of nitriles is 1. The standard InChI is InChI=1S/C23H22N4O/c1-17-20(13-24)23(28)27(2)22(26-15-19-11-7-4-8-12-19)21(17)16-25-14-18-9-5-3-6-10-18/h3-12,16,26H,14-15H2,1-2H3/p+1. The van der Waals surface area contributed by atoms with Gasteiger partial charge in [0.1, 0.15) is 17.5 Å². The number of nitrogens with one attached hydrogen (secondary N) is 2. The van der Waals surface area contributed by atoms with E-state index in [-0.39, 0.29) is 11.1 Å². The Kier molecular flexibility index (Phi) is 6.03. The van der Waals surface area contributed by atoms with Crippen LogP contribution in [0.1, 0.15) is 27.8 Å². The first-order chi connectivity index (χ1) is 13.6. The van der Waals surface area contributed by atoms with Crippen molar-refractivity contribution >= 4 is 12.0 Å². The van der Waals surface area contributed by atoms with Gasteiger partial charge in [0.15, 0.2) is 12.8 Å². The molecule has 0 saturated carbocycles. The van der Waals surface area contributed by atoms with Crippen LogP contribution in [-0.4, -0.2) is 10.8 Å². The van der Waals surface area contributed by atoms with Gasteiger partial charge in [0, 0.05) is 19.2 Å². The second-order valence-electron chi connectivity index (χ2n) is 6.59. The Balaban J connectivity index is 1.96. The van der Waals surface area contributed by atoms with Gasteiger partial charge in [-0.05, 0) is 18.1 Å². The van der Waals surface area contributed by atoms with E-state index in [1.165, 1.54) is 4.57 Å². The highest BCUT2D eigenvalue weighted by Gasteiger charge is 2.18. The lowest BCUT2D eigenvalue weighted by molar-refractivity contribution is -0.469. The van der Waals surface area contributed by atoms with Crippen LogP contribution in [0.5, 0.6) is 0 Å². The lowest BCUT2D eigenvalue weighted by Gasteiger charge is -2.16. The second kappa shape index (κ2) is 8.83. The van der Waals surface area contributed by atoms with E-state index < -0.39 is 0 Å². The first-order valence-electron chi connectivity index (χ1n) is 9.14. The van der Waals surface area contributed by atoms with E-state index in [9.17, 15) is 10.1 Å². The van der Waals surface area contributed by atoms with Gasteiger partial charge in [-0.25, -0.2) is 4.99 Å². The van der Waals surface area contributed by atoms with Gasteiger partial charge in [-0.15, -0.1) is 0 Å². The van der Waals surface area contributed by atoms with Crippen molar-refractivity contribution in [1.82, 2.24) is 4.57 Å². The molecule has 0 saturated heterocycles. The number of hydrogen-bond acceptors (Lipinski definition) is 3. The van der Waals surface area contributed by atoms with Crippen LogP contribution >= 0.6 is 0 Å². The van der Waals surface area contributed by atoms with Crippen molar-refractivity contribution < 1.29 is 4.99 Å². The van der Waals surface area contributed by atoms with E-state index in [2.05, 4.69) is 10.3 Å². The summed E-state index contributed by atoms with van der Waals surface area (Å²) in [5.74, 6) is 0.686. The maximum atomic E-state index is 12.6. The summed E-state index contributed by atoms with van der Waals surface area (Å²) in [5, 5.41) is 12.8. The lowest BCUT2D eigenvalue weighted by Crippen LogP contribution is -2.67. The Bertz CT molecular complexity index is 1080. The van der Waals surface area contributed by atoms with E-state index in [0.29, 0.717) is 24.5 Å². The molecule has 5 nitrogen and oxygen atoms in total. The number of anilines is 1. The Labute approximate surface area is 164 Å². The summed E-state index contributed by atoms with van der Waals surface area (Å²) >= 11 is 0. The van der Waals surface area contributed by atoms with Crippen LogP contribution in [0.4, 0.5) is 5.82 Å². The van der Waals surface area contributed by atoms with Crippen LogP contribution in [0.15, 0.2) is 65.5 Å². The van der Waals surface area contributed by atoms with E-state index in [1.54, 1.807) is 7.05 Å². The van der Waals surface area contributed by atoms with Gasteiger partial charge in [0.25, 0.3) is 5.56 Å². The van der Waals surface area contributed by atoms with E-state index in [4.69, 9.17) is 0 Å². The zero-order valence-electron chi connectivity index (χ0n) is 16.1. The van der Waals surface area contributed by atoms with Gasteiger partial charge >= 0.3 is 0 Å². The maximum Gasteiger partial charge on any atom is 0.270 e. The van der Waals surface area contributed by atoms with Crippen molar-refractivity contribution in [3.8, 4) is 6.07 Å². The fraction of sp³-hybridized carbons (Fsp3) is 0.174. The molecule has 0 spiro atoms. The monoisotopic (exact) mass is 371 g/mol. The third kappa shape index (κ3) is 4.18. The minimum atomic E-state index is -0.296. The summed E-state index contributed by atoms with van der Waals surface area (Å²) in [7, 11) is 1.68. The predicted molar refractivity (Wildman–Crippen MR) is 111 cm³/mol. The van der Waals surface area contributed by atoms with E-state index in [1.807, 2.05) is 79.9 Å². The smallest absolute Gasteiger partial charge is 0.270 e. The number of aromatic nitrogens is 1. The summed E-state index contributed by atoms with van der Waals surface area (Å²) in [6, 6.07) is 22.1. The van der Waals surface area contributed by atoms with Crippen LogP contribution in [0, 0.1) is 18.3 Å². The minimum absolute atomic E-state index is 0.167. The van der Waals surface area contributed by atoms with E-state index >= 15 is 0 Å². The highest BCUT2D eigenvalue weighted by molar-refractivity contribution is 5.86. The molecule has 0 aliphatic carbocycles. The molecule has 28 heavy (non-hydrogen) atoms.